The Morgan fingerprint density at radius 1 is 1.02 bits per heavy atom. The summed E-state index contributed by atoms with van der Waals surface area (Å²) in [7, 11) is 2.16. The van der Waals surface area contributed by atoms with Crippen molar-refractivity contribution in [1.82, 2.24) is 24.7 Å². The standard InChI is InChI=1S/C35H44N8O2/c1-24-7-4-8-26-9-5-11-32(33(24)26)41-16-13-30-31(22-41)37-35(45-23-28-10-6-15-39(28)3)38-34(30)42-18-17-40(27(19-42)12-14-36)20-29-21-43(29)25(2)44/h4-5,7-9,11,27-29H,6,10,12-13,15-23H2,1-3H3. The molecular weight excluding hydrogens is 564 g/mol. The van der Waals surface area contributed by atoms with Crippen LogP contribution in [0.25, 0.3) is 10.8 Å². The summed E-state index contributed by atoms with van der Waals surface area (Å²) in [4.78, 5) is 33.5. The number of aryl methyl sites for hydroxylation is 1. The Labute approximate surface area is 266 Å². The van der Waals surface area contributed by atoms with E-state index in [2.05, 4.69) is 76.0 Å². The molecule has 7 rings (SSSR count). The molecule has 3 saturated heterocycles. The maximum absolute atomic E-state index is 11.8. The third-order valence-corrected chi connectivity index (χ3v) is 10.3. The number of nitrogens with zero attached hydrogens (tertiary/aromatic N) is 8. The summed E-state index contributed by atoms with van der Waals surface area (Å²) in [6.45, 7) is 11.1. The summed E-state index contributed by atoms with van der Waals surface area (Å²) >= 11 is 0. The number of nitriles is 1. The topological polar surface area (TPSA) is 91.8 Å². The van der Waals surface area contributed by atoms with Crippen molar-refractivity contribution in [1.29, 1.82) is 5.26 Å². The van der Waals surface area contributed by atoms with E-state index < -0.39 is 0 Å². The van der Waals surface area contributed by atoms with Crippen molar-refractivity contribution in [3.8, 4) is 12.1 Å². The molecule has 0 radical (unpaired) electrons. The van der Waals surface area contributed by atoms with Gasteiger partial charge in [0.05, 0.1) is 30.8 Å². The van der Waals surface area contributed by atoms with E-state index in [1.807, 2.05) is 4.90 Å². The number of likely N-dealkylation sites (N-methyl/N-ethyl adjacent to an activating group) is 1. The largest absolute Gasteiger partial charge is 0.462 e. The zero-order valence-electron chi connectivity index (χ0n) is 26.8. The number of ether oxygens (including phenoxy) is 1. The number of rotatable bonds is 8. The minimum atomic E-state index is 0.0824. The van der Waals surface area contributed by atoms with Crippen molar-refractivity contribution in [3.63, 3.8) is 0 Å². The lowest BCUT2D eigenvalue weighted by atomic mass is 9.99. The number of hydrogen-bond donors (Lipinski definition) is 0. The van der Waals surface area contributed by atoms with E-state index in [1.165, 1.54) is 34.0 Å². The second kappa shape index (κ2) is 12.5. The van der Waals surface area contributed by atoms with Gasteiger partial charge in [0.15, 0.2) is 0 Å². The highest BCUT2D eigenvalue weighted by molar-refractivity contribution is 5.97. The fraction of sp³-hybridized carbons (Fsp3) is 0.543. The predicted molar refractivity (Wildman–Crippen MR) is 176 cm³/mol. The van der Waals surface area contributed by atoms with Gasteiger partial charge in [-0.05, 0) is 56.8 Å². The van der Waals surface area contributed by atoms with Crippen molar-refractivity contribution >= 4 is 28.2 Å². The summed E-state index contributed by atoms with van der Waals surface area (Å²) in [6, 6.07) is 16.7. The zero-order chi connectivity index (χ0) is 31.1. The number of likely N-dealkylation sites (tertiary alicyclic amines) is 1. The predicted octanol–water partition coefficient (Wildman–Crippen LogP) is 3.61. The van der Waals surface area contributed by atoms with E-state index in [1.54, 1.807) is 6.92 Å². The van der Waals surface area contributed by atoms with Crippen LogP contribution in [-0.4, -0.2) is 108 Å². The fourth-order valence-corrected chi connectivity index (χ4v) is 7.67. The fourth-order valence-electron chi connectivity index (χ4n) is 7.67. The number of carbonyl (C=O) groups is 1. The molecule has 0 saturated carbocycles. The normalized spacial score (nSPS) is 23.7. The summed E-state index contributed by atoms with van der Waals surface area (Å²) in [6.07, 6.45) is 3.61. The molecule has 4 aliphatic heterocycles. The number of carbonyl (C=O) groups excluding carboxylic acids is 1. The second-order valence-electron chi connectivity index (χ2n) is 13.2. The van der Waals surface area contributed by atoms with E-state index in [0.717, 1.165) is 70.2 Å². The molecule has 0 N–H and O–H groups in total. The first-order valence-electron chi connectivity index (χ1n) is 16.5. The highest BCUT2D eigenvalue weighted by atomic mass is 16.5. The maximum atomic E-state index is 11.8. The monoisotopic (exact) mass is 608 g/mol. The van der Waals surface area contributed by atoms with Gasteiger partial charge in [-0.15, -0.1) is 0 Å². The molecule has 1 aromatic heterocycles. The summed E-state index contributed by atoms with van der Waals surface area (Å²) in [5.41, 5.74) is 4.75. The molecule has 5 heterocycles. The van der Waals surface area contributed by atoms with Crippen molar-refractivity contribution in [2.45, 2.75) is 64.2 Å². The van der Waals surface area contributed by atoms with E-state index in [9.17, 15) is 10.1 Å². The van der Waals surface area contributed by atoms with Crippen LogP contribution in [0.2, 0.25) is 0 Å². The molecule has 3 aromatic rings. The summed E-state index contributed by atoms with van der Waals surface area (Å²) in [5.74, 6) is 1.09. The Kier molecular flexibility index (Phi) is 8.23. The average molecular weight is 609 g/mol. The van der Waals surface area contributed by atoms with Crippen LogP contribution in [0, 0.1) is 18.3 Å². The lowest BCUT2D eigenvalue weighted by Gasteiger charge is -2.42. The van der Waals surface area contributed by atoms with Crippen molar-refractivity contribution < 1.29 is 9.53 Å². The van der Waals surface area contributed by atoms with Crippen molar-refractivity contribution in [2.24, 2.45) is 0 Å². The molecule has 2 aromatic carbocycles. The van der Waals surface area contributed by atoms with Crippen LogP contribution in [0.5, 0.6) is 6.01 Å². The number of benzene rings is 2. The van der Waals surface area contributed by atoms with E-state index in [4.69, 9.17) is 14.7 Å². The third-order valence-electron chi connectivity index (χ3n) is 10.3. The Balaban J connectivity index is 1.17. The smallest absolute Gasteiger partial charge is 0.318 e. The van der Waals surface area contributed by atoms with Crippen LogP contribution >= 0.6 is 0 Å². The van der Waals surface area contributed by atoms with Gasteiger partial charge < -0.3 is 24.3 Å². The van der Waals surface area contributed by atoms with Crippen molar-refractivity contribution in [2.75, 3.05) is 69.3 Å². The molecule has 0 aliphatic carbocycles. The molecule has 10 heteroatoms. The molecular formula is C35H44N8O2. The van der Waals surface area contributed by atoms with Gasteiger partial charge in [-0.1, -0.05) is 30.3 Å². The van der Waals surface area contributed by atoms with Crippen molar-refractivity contribution in [3.05, 3.63) is 53.2 Å². The molecule has 3 fully saturated rings. The second-order valence-corrected chi connectivity index (χ2v) is 13.2. The Morgan fingerprint density at radius 3 is 2.62 bits per heavy atom. The molecule has 236 valence electrons. The number of anilines is 2. The molecule has 4 aliphatic rings. The molecule has 3 atom stereocenters. The number of aromatic nitrogens is 2. The number of piperazine rings is 1. The minimum Gasteiger partial charge on any atom is -0.462 e. The SMILES string of the molecule is CC(=O)N1CC1CN1CCN(c2nc(OCC3CCCN3C)nc3c2CCN(c2cccc4cccc(C)c24)C3)CC1CC#N. The zero-order valence-corrected chi connectivity index (χ0v) is 26.8. The Hall–Kier alpha value is -3.94. The van der Waals surface area contributed by atoms with E-state index in [-0.39, 0.29) is 18.0 Å². The average Bonchev–Trinajstić information content (AvgIpc) is 3.70. The van der Waals surface area contributed by atoms with Crippen LogP contribution in [0.15, 0.2) is 36.4 Å². The van der Waals surface area contributed by atoms with E-state index in [0.29, 0.717) is 31.6 Å². The van der Waals surface area contributed by atoms with Crippen LogP contribution in [-0.2, 0) is 17.8 Å². The van der Waals surface area contributed by atoms with Crippen LogP contribution in [0.4, 0.5) is 11.5 Å². The van der Waals surface area contributed by atoms with Crippen LogP contribution in [0.3, 0.4) is 0 Å². The number of fused-ring (bicyclic) bond motifs is 2. The first kappa shape index (κ1) is 29.8. The Morgan fingerprint density at radius 2 is 1.87 bits per heavy atom. The number of amides is 1. The van der Waals surface area contributed by atoms with Gasteiger partial charge in [0.2, 0.25) is 5.91 Å². The maximum Gasteiger partial charge on any atom is 0.318 e. The van der Waals surface area contributed by atoms with Gasteiger partial charge in [0.25, 0.3) is 0 Å². The van der Waals surface area contributed by atoms with Gasteiger partial charge in [0, 0.05) is 74.9 Å². The Bertz CT molecular complexity index is 1620. The minimum absolute atomic E-state index is 0.0824. The molecule has 3 unspecified atom stereocenters. The van der Waals surface area contributed by atoms with Gasteiger partial charge in [-0.25, -0.2) is 0 Å². The molecule has 0 bridgehead atoms. The lowest BCUT2D eigenvalue weighted by Crippen LogP contribution is -2.55. The first-order valence-corrected chi connectivity index (χ1v) is 16.5. The molecule has 0 spiro atoms. The third kappa shape index (κ3) is 6.03. The van der Waals surface area contributed by atoms with E-state index >= 15 is 0 Å². The molecule has 1 amide bonds. The molecule has 10 nitrogen and oxygen atoms in total. The first-order chi connectivity index (χ1) is 21.9. The van der Waals surface area contributed by atoms with Gasteiger partial charge in [0.1, 0.15) is 12.4 Å². The highest BCUT2D eigenvalue weighted by Gasteiger charge is 2.40. The lowest BCUT2D eigenvalue weighted by molar-refractivity contribution is -0.124. The summed E-state index contributed by atoms with van der Waals surface area (Å²) < 4.78 is 6.37. The summed E-state index contributed by atoms with van der Waals surface area (Å²) in [5, 5.41) is 12.3. The number of hydrogen-bond acceptors (Lipinski definition) is 9. The van der Waals surface area contributed by atoms with Crippen LogP contribution < -0.4 is 14.5 Å². The van der Waals surface area contributed by atoms with Crippen LogP contribution in [0.1, 0.15) is 43.0 Å². The van der Waals surface area contributed by atoms with Gasteiger partial charge in [-0.3, -0.25) is 9.69 Å². The van der Waals surface area contributed by atoms with Gasteiger partial charge >= 0.3 is 6.01 Å². The highest BCUT2D eigenvalue weighted by Crippen LogP contribution is 2.36. The van der Waals surface area contributed by atoms with Gasteiger partial charge in [-0.2, -0.15) is 15.2 Å². The quantitative estimate of drug-likeness (QED) is 0.356. The molecule has 45 heavy (non-hydrogen) atoms.